The summed E-state index contributed by atoms with van der Waals surface area (Å²) in [4.78, 5) is 4.25. The van der Waals surface area contributed by atoms with Gasteiger partial charge in [-0.3, -0.25) is 4.99 Å². The molecule has 0 N–H and O–H groups in total. The van der Waals surface area contributed by atoms with E-state index in [1.54, 1.807) is 0 Å². The van der Waals surface area contributed by atoms with Gasteiger partial charge in [-0.05, 0) is 13.8 Å². The molecule has 0 rings (SSSR count). The summed E-state index contributed by atoms with van der Waals surface area (Å²) < 4.78 is 0. The van der Waals surface area contributed by atoms with E-state index in [4.69, 9.17) is 0 Å². The minimum Gasteiger partial charge on any atom is -0.266 e. The molecule has 0 aromatic carbocycles. The number of nitrogens with zero attached hydrogens (tertiary/aromatic N) is 1. The predicted octanol–water partition coefficient (Wildman–Crippen LogP) is 3.03. The Bertz CT molecular complexity index is 147. The summed E-state index contributed by atoms with van der Waals surface area (Å²) in [5, 5.41) is 0. The maximum absolute atomic E-state index is 4.25. The van der Waals surface area contributed by atoms with Crippen molar-refractivity contribution in [1.29, 1.82) is 0 Å². The van der Waals surface area contributed by atoms with Crippen molar-refractivity contribution in [2.75, 3.05) is 0 Å². The topological polar surface area (TPSA) is 12.4 Å². The fourth-order valence-electron chi connectivity index (χ4n) is 0.840. The first kappa shape index (κ1) is 9.41. The Morgan fingerprint density at radius 2 is 1.70 bits per heavy atom. The molecule has 0 aliphatic carbocycles. The van der Waals surface area contributed by atoms with E-state index in [0.29, 0.717) is 0 Å². The summed E-state index contributed by atoms with van der Waals surface area (Å²) in [7, 11) is 0. The van der Waals surface area contributed by atoms with Gasteiger partial charge >= 0.3 is 0 Å². The maximum atomic E-state index is 4.25. The highest BCUT2D eigenvalue weighted by Gasteiger charge is 2.13. The number of allylic oxidation sites excluding steroid dienone is 2. The molecular formula is C9H17N. The Kier molecular flexibility index (Phi) is 3.34. The van der Waals surface area contributed by atoms with E-state index < -0.39 is 0 Å². The molecule has 0 saturated carbocycles. The quantitative estimate of drug-likeness (QED) is 0.495. The molecule has 0 heterocycles. The Morgan fingerprint density at radius 3 is 1.80 bits per heavy atom. The van der Waals surface area contributed by atoms with Crippen LogP contribution < -0.4 is 0 Å². The van der Waals surface area contributed by atoms with Crippen molar-refractivity contribution >= 4 is 6.21 Å². The van der Waals surface area contributed by atoms with Gasteiger partial charge in [0.25, 0.3) is 0 Å². The lowest BCUT2D eigenvalue weighted by Gasteiger charge is -2.18. The first-order valence-corrected chi connectivity index (χ1v) is 3.68. The third kappa shape index (κ3) is 2.81. The normalized spacial score (nSPS) is 14.7. The lowest BCUT2D eigenvalue weighted by molar-refractivity contribution is 0.498. The largest absolute Gasteiger partial charge is 0.266 e. The summed E-state index contributed by atoms with van der Waals surface area (Å²) in [6, 6.07) is 0. The fourth-order valence-corrected chi connectivity index (χ4v) is 0.840. The third-order valence-electron chi connectivity index (χ3n) is 1.31. The second kappa shape index (κ2) is 3.55. The highest BCUT2D eigenvalue weighted by molar-refractivity contribution is 5.55. The van der Waals surface area contributed by atoms with Crippen LogP contribution in [0.5, 0.6) is 0 Å². The monoisotopic (exact) mass is 139 g/mol. The minimum atomic E-state index is 0.182. The molecule has 0 radical (unpaired) electrons. The van der Waals surface area contributed by atoms with Crippen molar-refractivity contribution in [3.05, 3.63) is 11.8 Å². The molecule has 0 unspecified atom stereocenters. The van der Waals surface area contributed by atoms with E-state index in [-0.39, 0.29) is 5.41 Å². The van der Waals surface area contributed by atoms with E-state index in [1.807, 2.05) is 20.1 Å². The fraction of sp³-hybridized carbons (Fsp3) is 0.667. The zero-order valence-corrected chi connectivity index (χ0v) is 7.60. The number of aliphatic imine (C=N–C) groups is 1. The van der Waals surface area contributed by atoms with Gasteiger partial charge in [0.2, 0.25) is 0 Å². The van der Waals surface area contributed by atoms with E-state index in [9.17, 15) is 0 Å². The zero-order valence-electron chi connectivity index (χ0n) is 7.60. The molecular weight excluding hydrogens is 122 g/mol. The smallest absolute Gasteiger partial charge is 0.0410 e. The molecule has 0 aromatic rings. The molecule has 10 heavy (non-hydrogen) atoms. The molecule has 0 aromatic heterocycles. The van der Waals surface area contributed by atoms with Gasteiger partial charge in [-0.25, -0.2) is 0 Å². The Balaban J connectivity index is 4.39. The van der Waals surface area contributed by atoms with Crippen molar-refractivity contribution in [3.8, 4) is 0 Å². The molecule has 0 spiro atoms. The van der Waals surface area contributed by atoms with Crippen molar-refractivity contribution in [2.45, 2.75) is 34.6 Å². The second-order valence-corrected chi connectivity index (χ2v) is 3.31. The molecule has 0 bridgehead atoms. The van der Waals surface area contributed by atoms with Gasteiger partial charge in [-0.15, -0.1) is 0 Å². The van der Waals surface area contributed by atoms with Crippen LogP contribution in [0.4, 0.5) is 0 Å². The van der Waals surface area contributed by atoms with Gasteiger partial charge in [0, 0.05) is 17.3 Å². The third-order valence-corrected chi connectivity index (χ3v) is 1.31. The average Bonchev–Trinajstić information content (AvgIpc) is 1.80. The molecule has 58 valence electrons. The van der Waals surface area contributed by atoms with Gasteiger partial charge in [0.05, 0.1) is 0 Å². The van der Waals surface area contributed by atoms with Crippen LogP contribution in [0.15, 0.2) is 16.8 Å². The number of hydrogen-bond acceptors (Lipinski definition) is 1. The highest BCUT2D eigenvalue weighted by atomic mass is 14.7. The summed E-state index contributed by atoms with van der Waals surface area (Å²) in [6.07, 6.45) is 3.89. The van der Waals surface area contributed by atoms with Gasteiger partial charge in [0.1, 0.15) is 0 Å². The lowest BCUT2D eigenvalue weighted by atomic mass is 9.92. The van der Waals surface area contributed by atoms with Crippen LogP contribution in [-0.4, -0.2) is 6.21 Å². The Hall–Kier alpha value is -0.590. The molecule has 0 saturated heterocycles. The summed E-state index contributed by atoms with van der Waals surface area (Å²) in [5.74, 6) is 0. The van der Waals surface area contributed by atoms with Crippen molar-refractivity contribution in [1.82, 2.24) is 0 Å². The first-order valence-electron chi connectivity index (χ1n) is 3.68. The van der Waals surface area contributed by atoms with Gasteiger partial charge in [-0.1, -0.05) is 26.8 Å². The van der Waals surface area contributed by atoms with Crippen molar-refractivity contribution in [3.63, 3.8) is 0 Å². The molecule has 0 aliphatic heterocycles. The Labute approximate surface area is 63.9 Å². The van der Waals surface area contributed by atoms with Crippen LogP contribution in [0, 0.1) is 5.41 Å². The molecule has 0 atom stereocenters. The first-order chi connectivity index (χ1) is 4.52. The van der Waals surface area contributed by atoms with Gasteiger partial charge in [-0.2, -0.15) is 0 Å². The van der Waals surface area contributed by atoms with Crippen LogP contribution >= 0.6 is 0 Å². The van der Waals surface area contributed by atoms with Gasteiger partial charge in [0.15, 0.2) is 0 Å². The molecule has 0 fully saturated rings. The van der Waals surface area contributed by atoms with Crippen LogP contribution in [0.1, 0.15) is 34.6 Å². The van der Waals surface area contributed by atoms with Crippen LogP contribution in [0.3, 0.4) is 0 Å². The van der Waals surface area contributed by atoms with E-state index in [0.717, 1.165) is 5.70 Å². The van der Waals surface area contributed by atoms with Gasteiger partial charge < -0.3 is 0 Å². The van der Waals surface area contributed by atoms with Crippen LogP contribution in [0.2, 0.25) is 0 Å². The molecule has 0 amide bonds. The highest BCUT2D eigenvalue weighted by Crippen LogP contribution is 2.25. The zero-order chi connectivity index (χ0) is 8.20. The standard InChI is InChI=1S/C9H17N/c1-6-8(10-7-2)9(3,4)5/h6-7H,1-5H3/b8-6-,10-7?. The van der Waals surface area contributed by atoms with Crippen molar-refractivity contribution in [2.24, 2.45) is 10.4 Å². The lowest BCUT2D eigenvalue weighted by Crippen LogP contribution is -2.07. The summed E-state index contributed by atoms with van der Waals surface area (Å²) in [5.41, 5.74) is 1.33. The maximum Gasteiger partial charge on any atom is 0.0410 e. The van der Waals surface area contributed by atoms with E-state index >= 15 is 0 Å². The number of rotatable bonds is 1. The predicted molar refractivity (Wildman–Crippen MR) is 47.4 cm³/mol. The average molecular weight is 139 g/mol. The summed E-state index contributed by atoms with van der Waals surface area (Å²) >= 11 is 0. The minimum absolute atomic E-state index is 0.182. The second-order valence-electron chi connectivity index (χ2n) is 3.31. The van der Waals surface area contributed by atoms with E-state index in [2.05, 4.69) is 31.8 Å². The van der Waals surface area contributed by atoms with E-state index in [1.165, 1.54) is 0 Å². The van der Waals surface area contributed by atoms with Crippen LogP contribution in [0.25, 0.3) is 0 Å². The Morgan fingerprint density at radius 1 is 1.20 bits per heavy atom. The number of hydrogen-bond donors (Lipinski definition) is 0. The molecule has 0 aliphatic rings. The summed E-state index contributed by atoms with van der Waals surface area (Å²) in [6.45, 7) is 10.4. The SMILES string of the molecule is CC=N/C(=C\C)C(C)(C)C. The molecule has 1 nitrogen and oxygen atoms in total. The van der Waals surface area contributed by atoms with Crippen LogP contribution in [-0.2, 0) is 0 Å². The molecule has 1 heteroatoms. The van der Waals surface area contributed by atoms with Crippen molar-refractivity contribution < 1.29 is 0 Å².